The van der Waals surface area contributed by atoms with Crippen molar-refractivity contribution in [2.45, 2.75) is 31.7 Å². The number of carbonyl (C=O) groups excluding carboxylic acids is 1. The number of nitrogens with zero attached hydrogens (tertiary/aromatic N) is 3. The molecular weight excluding hydrogens is 330 g/mol. The van der Waals surface area contributed by atoms with Gasteiger partial charge in [-0.1, -0.05) is 0 Å². The third-order valence-electron chi connectivity index (χ3n) is 4.69. The largest absolute Gasteiger partial charge is 0.340 e. The van der Waals surface area contributed by atoms with Crippen LogP contribution in [0.5, 0.6) is 0 Å². The van der Waals surface area contributed by atoms with Crippen LogP contribution in [-0.4, -0.2) is 54.0 Å². The third-order valence-corrected chi connectivity index (χ3v) is 5.13. The lowest BCUT2D eigenvalue weighted by atomic mass is 9.96. The molecule has 21 heavy (non-hydrogen) atoms. The first-order valence-electron chi connectivity index (χ1n) is 7.86. The van der Waals surface area contributed by atoms with E-state index in [0.29, 0.717) is 12.0 Å². The zero-order valence-corrected chi connectivity index (χ0v) is 14.5. The average molecular weight is 354 g/mol. The van der Waals surface area contributed by atoms with Crippen molar-refractivity contribution in [2.75, 3.05) is 33.7 Å². The predicted molar refractivity (Wildman–Crippen MR) is 87.6 cm³/mol. The number of likely N-dealkylation sites (tertiary alicyclic amines) is 1. The number of rotatable bonds is 4. The fourth-order valence-electron chi connectivity index (χ4n) is 3.18. The highest BCUT2D eigenvalue weighted by molar-refractivity contribution is 9.10. The number of amides is 1. The van der Waals surface area contributed by atoms with Crippen LogP contribution >= 0.6 is 15.9 Å². The molecule has 0 spiro atoms. The Bertz CT molecular complexity index is 516. The SMILES string of the molecule is CN1CCC(CN(C)C(=O)c2cc(Br)cn2C2CC2)CC1. The molecule has 2 aliphatic rings. The molecule has 0 bridgehead atoms. The van der Waals surface area contributed by atoms with Crippen LogP contribution in [0.3, 0.4) is 0 Å². The van der Waals surface area contributed by atoms with Crippen LogP contribution in [0, 0.1) is 5.92 Å². The summed E-state index contributed by atoms with van der Waals surface area (Å²) in [4.78, 5) is 17.0. The molecule has 1 aliphatic carbocycles. The van der Waals surface area contributed by atoms with E-state index < -0.39 is 0 Å². The van der Waals surface area contributed by atoms with E-state index in [0.717, 1.165) is 29.8 Å². The highest BCUT2D eigenvalue weighted by Gasteiger charge is 2.29. The smallest absolute Gasteiger partial charge is 0.270 e. The van der Waals surface area contributed by atoms with Crippen molar-refractivity contribution < 1.29 is 4.79 Å². The molecule has 2 heterocycles. The van der Waals surface area contributed by atoms with Crippen molar-refractivity contribution >= 4 is 21.8 Å². The van der Waals surface area contributed by atoms with E-state index in [4.69, 9.17) is 0 Å². The minimum atomic E-state index is 0.159. The van der Waals surface area contributed by atoms with Gasteiger partial charge >= 0.3 is 0 Å². The second kappa shape index (κ2) is 6.13. The van der Waals surface area contributed by atoms with Crippen molar-refractivity contribution in [2.24, 2.45) is 5.92 Å². The van der Waals surface area contributed by atoms with Gasteiger partial charge in [-0.15, -0.1) is 0 Å². The molecule has 1 aromatic heterocycles. The molecular formula is C16H24BrN3O. The third kappa shape index (κ3) is 3.51. The molecule has 0 unspecified atom stereocenters. The Kier molecular flexibility index (Phi) is 4.41. The van der Waals surface area contributed by atoms with Gasteiger partial charge in [0.25, 0.3) is 5.91 Å². The summed E-state index contributed by atoms with van der Waals surface area (Å²) in [7, 11) is 4.12. The summed E-state index contributed by atoms with van der Waals surface area (Å²) in [6.45, 7) is 3.17. The molecule has 3 rings (SSSR count). The molecule has 2 fully saturated rings. The maximum Gasteiger partial charge on any atom is 0.270 e. The minimum Gasteiger partial charge on any atom is -0.340 e. The van der Waals surface area contributed by atoms with Crippen LogP contribution in [0.25, 0.3) is 0 Å². The Morgan fingerprint density at radius 2 is 2.00 bits per heavy atom. The van der Waals surface area contributed by atoms with Gasteiger partial charge in [-0.3, -0.25) is 4.79 Å². The van der Waals surface area contributed by atoms with Crippen LogP contribution in [0.1, 0.15) is 42.2 Å². The average Bonchev–Trinajstić information content (AvgIpc) is 3.23. The zero-order chi connectivity index (χ0) is 15.0. The van der Waals surface area contributed by atoms with Gasteiger partial charge in [0.15, 0.2) is 0 Å². The molecule has 1 aromatic rings. The molecule has 0 N–H and O–H groups in total. The fraction of sp³-hybridized carbons (Fsp3) is 0.688. The monoisotopic (exact) mass is 353 g/mol. The molecule has 1 aliphatic heterocycles. The molecule has 0 radical (unpaired) electrons. The van der Waals surface area contributed by atoms with Gasteiger partial charge in [0.05, 0.1) is 0 Å². The van der Waals surface area contributed by atoms with Crippen molar-refractivity contribution in [1.29, 1.82) is 0 Å². The van der Waals surface area contributed by atoms with Crippen LogP contribution in [0.4, 0.5) is 0 Å². The predicted octanol–water partition coefficient (Wildman–Crippen LogP) is 3.00. The molecule has 5 heteroatoms. The number of hydrogen-bond acceptors (Lipinski definition) is 2. The van der Waals surface area contributed by atoms with Crippen LogP contribution in [-0.2, 0) is 0 Å². The van der Waals surface area contributed by atoms with E-state index in [9.17, 15) is 4.79 Å². The van der Waals surface area contributed by atoms with Crippen LogP contribution < -0.4 is 0 Å². The molecule has 0 aromatic carbocycles. The molecule has 4 nitrogen and oxygen atoms in total. The summed E-state index contributed by atoms with van der Waals surface area (Å²) in [5.41, 5.74) is 0.833. The van der Waals surface area contributed by atoms with Crippen LogP contribution in [0.2, 0.25) is 0 Å². The zero-order valence-electron chi connectivity index (χ0n) is 12.9. The summed E-state index contributed by atoms with van der Waals surface area (Å²) in [5, 5.41) is 0. The van der Waals surface area contributed by atoms with Crippen molar-refractivity contribution in [3.63, 3.8) is 0 Å². The highest BCUT2D eigenvalue weighted by atomic mass is 79.9. The van der Waals surface area contributed by atoms with E-state index in [-0.39, 0.29) is 5.91 Å². The molecule has 1 saturated carbocycles. The number of hydrogen-bond donors (Lipinski definition) is 0. The maximum absolute atomic E-state index is 12.7. The van der Waals surface area contributed by atoms with E-state index in [1.807, 2.05) is 24.2 Å². The lowest BCUT2D eigenvalue weighted by Crippen LogP contribution is -2.38. The number of halogens is 1. The second-order valence-corrected chi connectivity index (χ2v) is 7.53. The van der Waals surface area contributed by atoms with Crippen LogP contribution in [0.15, 0.2) is 16.7 Å². The van der Waals surface area contributed by atoms with Gasteiger partial charge in [0.1, 0.15) is 5.69 Å². The Morgan fingerprint density at radius 1 is 1.33 bits per heavy atom. The summed E-state index contributed by atoms with van der Waals surface area (Å²) in [6.07, 6.45) is 6.83. The normalized spacial score (nSPS) is 20.7. The number of aromatic nitrogens is 1. The van der Waals surface area contributed by atoms with Gasteiger partial charge < -0.3 is 14.4 Å². The van der Waals surface area contributed by atoms with Gasteiger partial charge in [-0.05, 0) is 73.7 Å². The first kappa shape index (κ1) is 15.1. The van der Waals surface area contributed by atoms with E-state index in [1.54, 1.807) is 0 Å². The Morgan fingerprint density at radius 3 is 2.62 bits per heavy atom. The lowest BCUT2D eigenvalue weighted by molar-refractivity contribution is 0.0736. The minimum absolute atomic E-state index is 0.159. The number of piperidine rings is 1. The second-order valence-electron chi connectivity index (χ2n) is 6.61. The van der Waals surface area contributed by atoms with E-state index in [2.05, 4.69) is 32.4 Å². The van der Waals surface area contributed by atoms with Gasteiger partial charge in [0.2, 0.25) is 0 Å². The first-order valence-corrected chi connectivity index (χ1v) is 8.65. The maximum atomic E-state index is 12.7. The number of carbonyl (C=O) groups is 1. The Hall–Kier alpha value is -0.810. The highest BCUT2D eigenvalue weighted by Crippen LogP contribution is 2.37. The van der Waals surface area contributed by atoms with Crippen molar-refractivity contribution in [3.05, 3.63) is 22.4 Å². The summed E-state index contributed by atoms with van der Waals surface area (Å²) < 4.78 is 3.16. The first-order chi connectivity index (χ1) is 10.0. The Labute approximate surface area is 135 Å². The fourth-order valence-corrected chi connectivity index (χ4v) is 3.62. The molecule has 1 saturated heterocycles. The van der Waals surface area contributed by atoms with Gasteiger partial charge in [-0.2, -0.15) is 0 Å². The summed E-state index contributed by atoms with van der Waals surface area (Å²) in [5.74, 6) is 0.800. The van der Waals surface area contributed by atoms with E-state index >= 15 is 0 Å². The molecule has 0 atom stereocenters. The standard InChI is InChI=1S/C16H24BrN3O/c1-18-7-5-12(6-8-18)10-19(2)16(21)15-9-13(17)11-20(15)14-3-4-14/h9,11-12,14H,3-8,10H2,1-2H3. The van der Waals surface area contributed by atoms with Gasteiger partial charge in [0, 0.05) is 30.3 Å². The molecule has 116 valence electrons. The quantitative estimate of drug-likeness (QED) is 0.832. The van der Waals surface area contributed by atoms with Crippen molar-refractivity contribution in [3.8, 4) is 0 Å². The lowest BCUT2D eigenvalue weighted by Gasteiger charge is -2.31. The topological polar surface area (TPSA) is 28.5 Å². The van der Waals surface area contributed by atoms with E-state index in [1.165, 1.54) is 25.7 Å². The van der Waals surface area contributed by atoms with Crippen molar-refractivity contribution in [1.82, 2.24) is 14.4 Å². The molecule has 1 amide bonds. The Balaban J connectivity index is 1.64. The van der Waals surface area contributed by atoms with Gasteiger partial charge in [-0.25, -0.2) is 0 Å². The summed E-state index contributed by atoms with van der Waals surface area (Å²) >= 11 is 3.50. The summed E-state index contributed by atoms with van der Waals surface area (Å²) in [6, 6.07) is 2.50.